The lowest BCUT2D eigenvalue weighted by Crippen LogP contribution is -2.54. The van der Waals surface area contributed by atoms with Gasteiger partial charge in [-0.2, -0.15) is 18.4 Å². The van der Waals surface area contributed by atoms with Crippen LogP contribution in [0.1, 0.15) is 25.7 Å². The van der Waals surface area contributed by atoms with E-state index in [9.17, 15) is 18.4 Å². The Morgan fingerprint density at radius 1 is 1.16 bits per heavy atom. The van der Waals surface area contributed by atoms with E-state index in [0.29, 0.717) is 25.6 Å². The zero-order valence-corrected chi connectivity index (χ0v) is 11.1. The van der Waals surface area contributed by atoms with Gasteiger partial charge in [0.2, 0.25) is 0 Å². The monoisotopic (exact) mass is 275 g/mol. The van der Waals surface area contributed by atoms with Crippen LogP contribution in [0.25, 0.3) is 0 Å². The van der Waals surface area contributed by atoms with Gasteiger partial charge in [0.1, 0.15) is 5.54 Å². The number of nitrogens with one attached hydrogen (secondary N) is 1. The minimum Gasteiger partial charge on any atom is -0.301 e. The Bertz CT molecular complexity index is 351. The molecule has 1 heterocycles. The van der Waals surface area contributed by atoms with E-state index in [0.717, 1.165) is 12.8 Å². The first-order chi connectivity index (χ1) is 8.91. The summed E-state index contributed by atoms with van der Waals surface area (Å²) in [6.45, 7) is 1.40. The average molecular weight is 275 g/mol. The topological polar surface area (TPSA) is 39.1 Å². The Hall–Kier alpha value is -0.800. The lowest BCUT2D eigenvalue weighted by molar-refractivity contribution is -0.185. The summed E-state index contributed by atoms with van der Waals surface area (Å²) >= 11 is 0. The number of rotatable bonds is 4. The second kappa shape index (κ2) is 5.29. The molecule has 1 saturated heterocycles. The van der Waals surface area contributed by atoms with Gasteiger partial charge in [0.05, 0.1) is 12.0 Å². The number of likely N-dealkylation sites (tertiary alicyclic amines) is 1. The van der Waals surface area contributed by atoms with Crippen molar-refractivity contribution in [3.8, 4) is 6.07 Å². The molecule has 1 saturated carbocycles. The Kier molecular flexibility index (Phi) is 4.07. The van der Waals surface area contributed by atoms with Gasteiger partial charge in [-0.25, -0.2) is 0 Å². The maximum atomic E-state index is 12.6. The molecule has 2 fully saturated rings. The minimum atomic E-state index is -4.07. The highest BCUT2D eigenvalue weighted by Crippen LogP contribution is 2.41. The van der Waals surface area contributed by atoms with Crippen molar-refractivity contribution in [1.29, 1.82) is 5.26 Å². The maximum absolute atomic E-state index is 12.6. The lowest BCUT2D eigenvalue weighted by atomic mass is 9.91. The molecule has 2 rings (SSSR count). The first-order valence-corrected chi connectivity index (χ1v) is 6.80. The number of nitrogens with zero attached hydrogens (tertiary/aromatic N) is 2. The Labute approximate surface area is 111 Å². The molecule has 0 aromatic carbocycles. The molecule has 0 radical (unpaired) electrons. The van der Waals surface area contributed by atoms with Crippen LogP contribution in [-0.2, 0) is 0 Å². The van der Waals surface area contributed by atoms with Gasteiger partial charge in [0, 0.05) is 6.54 Å². The quantitative estimate of drug-likeness (QED) is 0.854. The maximum Gasteiger partial charge on any atom is 0.391 e. The third kappa shape index (κ3) is 3.21. The number of hydrogen-bond donors (Lipinski definition) is 1. The molecule has 2 aliphatic rings. The van der Waals surface area contributed by atoms with Crippen molar-refractivity contribution in [1.82, 2.24) is 10.2 Å². The fraction of sp³-hybridized carbons (Fsp3) is 0.923. The normalized spacial score (nSPS) is 25.8. The van der Waals surface area contributed by atoms with Gasteiger partial charge in [-0.15, -0.1) is 0 Å². The van der Waals surface area contributed by atoms with E-state index >= 15 is 0 Å². The van der Waals surface area contributed by atoms with Crippen LogP contribution in [0.4, 0.5) is 13.2 Å². The highest BCUT2D eigenvalue weighted by molar-refractivity contribution is 5.16. The van der Waals surface area contributed by atoms with E-state index in [1.807, 2.05) is 4.90 Å². The predicted octanol–water partition coefficient (Wildman–Crippen LogP) is 2.15. The second-order valence-corrected chi connectivity index (χ2v) is 5.70. The molecule has 108 valence electrons. The van der Waals surface area contributed by atoms with Crippen molar-refractivity contribution >= 4 is 0 Å². The van der Waals surface area contributed by atoms with Crippen molar-refractivity contribution in [3.63, 3.8) is 0 Å². The number of hydrogen-bond acceptors (Lipinski definition) is 3. The molecule has 3 nitrogen and oxygen atoms in total. The van der Waals surface area contributed by atoms with Crippen LogP contribution in [0.2, 0.25) is 0 Å². The first kappa shape index (κ1) is 14.6. The fourth-order valence-electron chi connectivity index (χ4n) is 2.94. The van der Waals surface area contributed by atoms with Crippen LogP contribution < -0.4 is 5.32 Å². The number of likely N-dealkylation sites (N-methyl/N-ethyl adjacent to an activating group) is 1. The van der Waals surface area contributed by atoms with E-state index in [-0.39, 0.29) is 12.8 Å². The SMILES string of the molecule is CNC(C#N)(CN1CCC(C(F)(F)F)CC1)C1CC1. The first-order valence-electron chi connectivity index (χ1n) is 6.80. The van der Waals surface area contributed by atoms with Crippen LogP contribution in [0, 0.1) is 23.2 Å². The molecule has 1 atom stereocenters. The van der Waals surface area contributed by atoms with Gasteiger partial charge < -0.3 is 10.2 Å². The number of nitriles is 1. The third-order valence-corrected chi connectivity index (χ3v) is 4.44. The van der Waals surface area contributed by atoms with Crippen LogP contribution >= 0.6 is 0 Å². The average Bonchev–Trinajstić information content (AvgIpc) is 3.20. The Morgan fingerprint density at radius 3 is 2.11 bits per heavy atom. The molecular formula is C13H20F3N3. The van der Waals surface area contributed by atoms with E-state index in [4.69, 9.17) is 0 Å². The summed E-state index contributed by atoms with van der Waals surface area (Å²) in [7, 11) is 1.77. The summed E-state index contributed by atoms with van der Waals surface area (Å²) in [4.78, 5) is 2.00. The Balaban J connectivity index is 1.90. The highest BCUT2D eigenvalue weighted by Gasteiger charge is 2.47. The van der Waals surface area contributed by atoms with Crippen LogP contribution in [0.3, 0.4) is 0 Å². The highest BCUT2D eigenvalue weighted by atomic mass is 19.4. The molecule has 0 aromatic heterocycles. The smallest absolute Gasteiger partial charge is 0.301 e. The largest absolute Gasteiger partial charge is 0.391 e. The predicted molar refractivity (Wildman–Crippen MR) is 65.3 cm³/mol. The molecule has 1 N–H and O–H groups in total. The number of halogens is 3. The second-order valence-electron chi connectivity index (χ2n) is 5.70. The van der Waals surface area contributed by atoms with Crippen LogP contribution in [0.5, 0.6) is 0 Å². The van der Waals surface area contributed by atoms with Gasteiger partial charge in [-0.05, 0) is 51.7 Å². The summed E-state index contributed by atoms with van der Waals surface area (Å²) in [5, 5.41) is 12.5. The summed E-state index contributed by atoms with van der Waals surface area (Å²) in [6, 6.07) is 2.34. The number of alkyl halides is 3. The van der Waals surface area contributed by atoms with Crippen molar-refractivity contribution < 1.29 is 13.2 Å². The molecule has 0 amide bonds. The van der Waals surface area contributed by atoms with E-state index in [1.165, 1.54) is 0 Å². The molecule has 1 unspecified atom stereocenters. The van der Waals surface area contributed by atoms with Crippen LogP contribution in [-0.4, -0.2) is 43.3 Å². The molecule has 19 heavy (non-hydrogen) atoms. The summed E-state index contributed by atoms with van der Waals surface area (Å²) < 4.78 is 37.8. The zero-order valence-electron chi connectivity index (χ0n) is 11.1. The lowest BCUT2D eigenvalue weighted by Gasteiger charge is -2.38. The third-order valence-electron chi connectivity index (χ3n) is 4.44. The molecule has 1 aliphatic heterocycles. The van der Waals surface area contributed by atoms with Crippen molar-refractivity contribution in [2.24, 2.45) is 11.8 Å². The molecule has 0 bridgehead atoms. The summed E-state index contributed by atoms with van der Waals surface area (Å²) in [6.07, 6.45) is -1.70. The standard InChI is InChI=1S/C13H20F3N3/c1-18-12(8-17,10-2-3-10)9-19-6-4-11(5-7-19)13(14,15)16/h10-11,18H,2-7,9H2,1H3. The molecule has 0 aromatic rings. The molecule has 6 heteroatoms. The fourth-order valence-corrected chi connectivity index (χ4v) is 2.94. The zero-order chi connectivity index (χ0) is 14.1. The van der Waals surface area contributed by atoms with Gasteiger partial charge in [-0.3, -0.25) is 0 Å². The van der Waals surface area contributed by atoms with Crippen molar-refractivity contribution in [2.75, 3.05) is 26.7 Å². The van der Waals surface area contributed by atoms with Gasteiger partial charge in [0.25, 0.3) is 0 Å². The van der Waals surface area contributed by atoms with Crippen molar-refractivity contribution in [2.45, 2.75) is 37.4 Å². The molecule has 1 aliphatic carbocycles. The number of piperidine rings is 1. The minimum absolute atomic E-state index is 0.152. The van der Waals surface area contributed by atoms with Crippen molar-refractivity contribution in [3.05, 3.63) is 0 Å². The van der Waals surface area contributed by atoms with Crippen LogP contribution in [0.15, 0.2) is 0 Å². The Morgan fingerprint density at radius 2 is 1.74 bits per heavy atom. The van der Waals surface area contributed by atoms with E-state index in [2.05, 4.69) is 11.4 Å². The van der Waals surface area contributed by atoms with Gasteiger partial charge in [0.15, 0.2) is 0 Å². The summed E-state index contributed by atoms with van der Waals surface area (Å²) in [5.74, 6) is -0.821. The molecular weight excluding hydrogens is 255 g/mol. The molecule has 0 spiro atoms. The van der Waals surface area contributed by atoms with Gasteiger partial charge >= 0.3 is 6.18 Å². The van der Waals surface area contributed by atoms with E-state index in [1.54, 1.807) is 7.05 Å². The van der Waals surface area contributed by atoms with Gasteiger partial charge in [-0.1, -0.05) is 0 Å². The van der Waals surface area contributed by atoms with E-state index < -0.39 is 17.6 Å². The summed E-state index contributed by atoms with van der Waals surface area (Å²) in [5.41, 5.74) is -0.578.